The molecule has 1 atom stereocenters. The second kappa shape index (κ2) is 10.5. The molecule has 0 aromatic carbocycles. The van der Waals surface area contributed by atoms with Gasteiger partial charge >= 0.3 is 0 Å². The molecule has 1 saturated carbocycles. The highest BCUT2D eigenvalue weighted by atomic mass is 127. The minimum Gasteiger partial charge on any atom is -0.356 e. The molecule has 2 rings (SSSR count). The van der Waals surface area contributed by atoms with Crippen LogP contribution in [0.4, 0.5) is 0 Å². The van der Waals surface area contributed by atoms with E-state index in [4.69, 9.17) is 0 Å². The predicted molar refractivity (Wildman–Crippen MR) is 110 cm³/mol. The highest BCUT2D eigenvalue weighted by Gasteiger charge is 2.28. The lowest BCUT2D eigenvalue weighted by Crippen LogP contribution is -2.45. The van der Waals surface area contributed by atoms with Crippen LogP contribution in [0.5, 0.6) is 0 Å². The van der Waals surface area contributed by atoms with E-state index in [1.54, 1.807) is 11.3 Å². The van der Waals surface area contributed by atoms with E-state index >= 15 is 0 Å². The third-order valence-electron chi connectivity index (χ3n) is 4.19. The Morgan fingerprint density at radius 1 is 1.48 bits per heavy atom. The molecule has 1 aromatic heterocycles. The highest BCUT2D eigenvalue weighted by Crippen LogP contribution is 2.26. The first-order valence-corrected chi connectivity index (χ1v) is 9.05. The molecule has 0 saturated heterocycles. The van der Waals surface area contributed by atoms with Crippen molar-refractivity contribution < 1.29 is 0 Å². The Morgan fingerprint density at radius 3 is 2.78 bits per heavy atom. The predicted octanol–water partition coefficient (Wildman–Crippen LogP) is 2.51. The lowest BCUT2D eigenvalue weighted by atomic mass is 10.3. The number of halogens is 1. The van der Waals surface area contributed by atoms with E-state index in [-0.39, 0.29) is 24.0 Å². The number of guanidine groups is 1. The van der Waals surface area contributed by atoms with Crippen LogP contribution < -0.4 is 10.6 Å². The fourth-order valence-electron chi connectivity index (χ4n) is 2.37. The Morgan fingerprint density at radius 2 is 2.22 bits per heavy atom. The summed E-state index contributed by atoms with van der Waals surface area (Å²) in [5, 5.41) is 7.98. The first-order chi connectivity index (χ1) is 10.6. The summed E-state index contributed by atoms with van der Waals surface area (Å²) in [6, 6.07) is 1.32. The zero-order chi connectivity index (χ0) is 15.9. The Balaban J connectivity index is 0.00000264. The normalized spacial score (nSPS) is 16.1. The molecular weight excluding hydrogens is 421 g/mol. The van der Waals surface area contributed by atoms with Crippen LogP contribution in [0, 0.1) is 0 Å². The molecule has 132 valence electrons. The van der Waals surface area contributed by atoms with Crippen molar-refractivity contribution in [3.63, 3.8) is 0 Å². The van der Waals surface area contributed by atoms with Gasteiger partial charge in [0.1, 0.15) is 0 Å². The molecule has 1 aliphatic carbocycles. The summed E-state index contributed by atoms with van der Waals surface area (Å²) in [6.07, 6.45) is 6.70. The third-order valence-corrected chi connectivity index (χ3v) is 5.39. The first kappa shape index (κ1) is 20.6. The number of aromatic nitrogens is 1. The molecule has 23 heavy (non-hydrogen) atoms. The Kier molecular flexibility index (Phi) is 9.38. The van der Waals surface area contributed by atoms with Crippen molar-refractivity contribution in [1.29, 1.82) is 0 Å². The Hall–Kier alpha value is -0.410. The van der Waals surface area contributed by atoms with Gasteiger partial charge in [-0.15, -0.1) is 35.3 Å². The molecule has 0 spiro atoms. The molecule has 1 aliphatic rings. The molecule has 0 aliphatic heterocycles. The van der Waals surface area contributed by atoms with Gasteiger partial charge in [-0.2, -0.15) is 0 Å². The molecule has 5 nitrogen and oxygen atoms in total. The van der Waals surface area contributed by atoms with Gasteiger partial charge < -0.3 is 10.6 Å². The van der Waals surface area contributed by atoms with Crippen LogP contribution >= 0.6 is 35.3 Å². The fourth-order valence-corrected chi connectivity index (χ4v) is 3.23. The van der Waals surface area contributed by atoms with Gasteiger partial charge in [0.2, 0.25) is 0 Å². The zero-order valence-electron chi connectivity index (χ0n) is 14.6. The van der Waals surface area contributed by atoms with Crippen LogP contribution in [0.25, 0.3) is 0 Å². The van der Waals surface area contributed by atoms with Crippen LogP contribution in [0.3, 0.4) is 0 Å². The van der Waals surface area contributed by atoms with Crippen LogP contribution in [-0.4, -0.2) is 55.1 Å². The molecule has 2 N–H and O–H groups in total. The number of nitrogens with one attached hydrogen (secondary N) is 2. The van der Waals surface area contributed by atoms with Crippen molar-refractivity contribution in [2.24, 2.45) is 4.99 Å². The van der Waals surface area contributed by atoms with E-state index in [0.29, 0.717) is 6.04 Å². The SMILES string of the molecule is CCc1cnc(CCNC(=NC)NCC(C)N(C)C2CC2)s1.I. The number of likely N-dealkylation sites (N-methyl/N-ethyl adjacent to an activating group) is 1. The average Bonchev–Trinajstić information content (AvgIpc) is 3.28. The van der Waals surface area contributed by atoms with Crippen molar-refractivity contribution in [2.45, 2.75) is 51.6 Å². The van der Waals surface area contributed by atoms with Crippen molar-refractivity contribution in [1.82, 2.24) is 20.5 Å². The van der Waals surface area contributed by atoms with Gasteiger partial charge in [0, 0.05) is 49.7 Å². The quantitative estimate of drug-likeness (QED) is 0.363. The van der Waals surface area contributed by atoms with Crippen molar-refractivity contribution in [3.05, 3.63) is 16.1 Å². The van der Waals surface area contributed by atoms with Crippen LogP contribution in [0.15, 0.2) is 11.2 Å². The number of aryl methyl sites for hydroxylation is 1. The van der Waals surface area contributed by atoms with Gasteiger partial charge in [-0.25, -0.2) is 4.98 Å². The molecule has 1 aromatic rings. The summed E-state index contributed by atoms with van der Waals surface area (Å²) in [4.78, 5) is 12.6. The highest BCUT2D eigenvalue weighted by molar-refractivity contribution is 14.0. The van der Waals surface area contributed by atoms with E-state index in [9.17, 15) is 0 Å². The van der Waals surface area contributed by atoms with Crippen LogP contribution in [0.1, 0.15) is 36.6 Å². The van der Waals surface area contributed by atoms with Gasteiger partial charge in [0.05, 0.1) is 5.01 Å². The van der Waals surface area contributed by atoms with Crippen molar-refractivity contribution >= 4 is 41.3 Å². The number of rotatable bonds is 8. The van der Waals surface area contributed by atoms with Crippen LogP contribution in [-0.2, 0) is 12.8 Å². The van der Waals surface area contributed by atoms with Gasteiger partial charge in [0.15, 0.2) is 5.96 Å². The van der Waals surface area contributed by atoms with Crippen molar-refractivity contribution in [3.8, 4) is 0 Å². The van der Waals surface area contributed by atoms with E-state index in [1.165, 1.54) is 22.7 Å². The smallest absolute Gasteiger partial charge is 0.191 e. The van der Waals surface area contributed by atoms with Gasteiger partial charge in [-0.1, -0.05) is 6.92 Å². The molecule has 1 unspecified atom stereocenters. The molecule has 0 amide bonds. The van der Waals surface area contributed by atoms with Crippen molar-refractivity contribution in [2.75, 3.05) is 27.2 Å². The van der Waals surface area contributed by atoms with Crippen LogP contribution in [0.2, 0.25) is 0 Å². The Bertz CT molecular complexity index is 487. The largest absolute Gasteiger partial charge is 0.356 e. The minimum atomic E-state index is 0. The maximum Gasteiger partial charge on any atom is 0.191 e. The fraction of sp³-hybridized carbons (Fsp3) is 0.750. The van der Waals surface area contributed by atoms with E-state index in [2.05, 4.69) is 46.4 Å². The topological polar surface area (TPSA) is 52.6 Å². The second-order valence-corrected chi connectivity index (χ2v) is 7.15. The molecule has 0 radical (unpaired) electrons. The van der Waals surface area contributed by atoms with E-state index < -0.39 is 0 Å². The van der Waals surface area contributed by atoms with Gasteiger partial charge in [-0.3, -0.25) is 9.89 Å². The summed E-state index contributed by atoms with van der Waals surface area (Å²) >= 11 is 1.81. The lowest BCUT2D eigenvalue weighted by Gasteiger charge is -2.25. The second-order valence-electron chi connectivity index (χ2n) is 5.95. The zero-order valence-corrected chi connectivity index (χ0v) is 17.8. The summed E-state index contributed by atoms with van der Waals surface area (Å²) in [7, 11) is 4.04. The standard InChI is InChI=1S/C16H29N5S.HI/c1-5-14-11-19-15(22-14)8-9-18-16(17-3)20-10-12(2)21(4)13-6-7-13;/h11-13H,5-10H2,1-4H3,(H2,17,18,20);1H. The summed E-state index contributed by atoms with van der Waals surface area (Å²) in [5.41, 5.74) is 0. The maximum atomic E-state index is 4.45. The third kappa shape index (κ3) is 6.93. The summed E-state index contributed by atoms with van der Waals surface area (Å²) in [6.45, 7) is 6.22. The number of hydrogen-bond donors (Lipinski definition) is 2. The molecular formula is C16H30IN5S. The maximum absolute atomic E-state index is 4.45. The number of aliphatic imine (C=N–C) groups is 1. The van der Waals surface area contributed by atoms with Gasteiger partial charge in [0.25, 0.3) is 0 Å². The monoisotopic (exact) mass is 451 g/mol. The molecule has 7 heteroatoms. The first-order valence-electron chi connectivity index (χ1n) is 8.24. The average molecular weight is 451 g/mol. The molecule has 1 heterocycles. The molecule has 0 bridgehead atoms. The Labute approximate surface area is 161 Å². The minimum absolute atomic E-state index is 0. The summed E-state index contributed by atoms with van der Waals surface area (Å²) in [5.74, 6) is 0.878. The van der Waals surface area contributed by atoms with Gasteiger partial charge in [-0.05, 0) is 33.2 Å². The number of thiazole rings is 1. The van der Waals surface area contributed by atoms with E-state index in [0.717, 1.165) is 37.9 Å². The number of nitrogens with zero attached hydrogens (tertiary/aromatic N) is 3. The lowest BCUT2D eigenvalue weighted by molar-refractivity contribution is 0.247. The molecule has 1 fully saturated rings. The van der Waals surface area contributed by atoms with E-state index in [1.807, 2.05) is 13.2 Å². The summed E-state index contributed by atoms with van der Waals surface area (Å²) < 4.78 is 0. The number of hydrogen-bond acceptors (Lipinski definition) is 4.